The molecule has 2 spiro atoms. The minimum absolute atomic E-state index is 0.0356. The van der Waals surface area contributed by atoms with Gasteiger partial charge in [-0.25, -0.2) is 0 Å². The van der Waals surface area contributed by atoms with Gasteiger partial charge >= 0.3 is 0 Å². The lowest BCUT2D eigenvalue weighted by atomic mass is 9.67. The highest BCUT2D eigenvalue weighted by Gasteiger charge is 2.87. The number of amides is 8. The van der Waals surface area contributed by atoms with Crippen LogP contribution in [0.4, 0.5) is 0 Å². The maximum Gasteiger partial charge on any atom is 0.288 e. The smallest absolute Gasteiger partial charge is 0.282 e. The van der Waals surface area contributed by atoms with Gasteiger partial charge in [-0.15, -0.1) is 0 Å². The Bertz CT molecular complexity index is 836. The Morgan fingerprint density at radius 3 is 1.24 bits per heavy atom. The Labute approximate surface area is 137 Å². The van der Waals surface area contributed by atoms with Gasteiger partial charge in [-0.05, 0) is 6.92 Å². The van der Waals surface area contributed by atoms with E-state index in [0.29, 0.717) is 9.80 Å². The van der Waals surface area contributed by atoms with Crippen molar-refractivity contribution in [1.82, 2.24) is 19.8 Å². The predicted octanol–water partition coefficient (Wildman–Crippen LogP) is -4.00. The number of hydrogen-bond donors (Lipinski definition) is 0. The number of nitrogens with zero attached hydrogens (tertiary/aromatic N) is 4. The number of carbonyl (C=O) groups is 8. The summed E-state index contributed by atoms with van der Waals surface area (Å²) in [7, 11) is 1.07. The molecule has 4 aliphatic rings. The number of imide groups is 4. The summed E-state index contributed by atoms with van der Waals surface area (Å²) in [6, 6.07) is 0. The number of hydrogen-bond acceptors (Lipinski definition) is 8. The highest BCUT2D eigenvalue weighted by Crippen LogP contribution is 2.51. The predicted molar refractivity (Wildman–Crippen MR) is 68.7 cm³/mol. The number of β-lactam (4-membered cyclic amide) rings is 8. The third-order valence-electron chi connectivity index (χ3n) is 4.95. The lowest BCUT2D eigenvalue weighted by Crippen LogP contribution is -2.92. The fraction of sp³-hybridized carbons (Fsp3) is 0.385. The molecule has 4 saturated heterocycles. The SMILES string of the molecule is CCN1C(=O)C2(C1=O)C(=O)N(N1C(=O)C3(C(=O)N(C)C3=O)C1=O)C2=O. The van der Waals surface area contributed by atoms with Gasteiger partial charge in [0.1, 0.15) is 0 Å². The van der Waals surface area contributed by atoms with Crippen LogP contribution in [0, 0.1) is 10.8 Å². The minimum Gasteiger partial charge on any atom is -0.282 e. The normalized spacial score (nSPS) is 26.3. The van der Waals surface area contributed by atoms with Gasteiger partial charge in [0.15, 0.2) is 0 Å². The van der Waals surface area contributed by atoms with Crippen LogP contribution in [0.1, 0.15) is 6.92 Å². The first-order valence-corrected chi connectivity index (χ1v) is 7.09. The van der Waals surface area contributed by atoms with Crippen LogP contribution in [0.3, 0.4) is 0 Å². The molecule has 0 saturated carbocycles. The van der Waals surface area contributed by atoms with Crippen molar-refractivity contribution in [2.45, 2.75) is 6.92 Å². The molecule has 0 N–H and O–H groups in total. The van der Waals surface area contributed by atoms with Crippen molar-refractivity contribution < 1.29 is 38.4 Å². The average Bonchev–Trinajstić information content (AvgIpc) is 2.60. The van der Waals surface area contributed by atoms with Gasteiger partial charge in [0, 0.05) is 13.6 Å². The second-order valence-corrected chi connectivity index (χ2v) is 5.87. The molecule has 4 heterocycles. The minimum atomic E-state index is -2.55. The Hall–Kier alpha value is -3.44. The molecule has 0 bridgehead atoms. The maximum atomic E-state index is 12.2. The average molecular weight is 348 g/mol. The molecule has 0 atom stereocenters. The van der Waals surface area contributed by atoms with E-state index in [1.165, 1.54) is 6.92 Å². The third-order valence-corrected chi connectivity index (χ3v) is 4.95. The van der Waals surface area contributed by atoms with E-state index in [-0.39, 0.29) is 16.6 Å². The van der Waals surface area contributed by atoms with Crippen LogP contribution in [0.25, 0.3) is 0 Å². The first kappa shape index (κ1) is 15.1. The van der Waals surface area contributed by atoms with Crippen LogP contribution in [0.2, 0.25) is 0 Å². The lowest BCUT2D eigenvalue weighted by Gasteiger charge is -2.59. The largest absolute Gasteiger partial charge is 0.288 e. The molecule has 12 heteroatoms. The van der Waals surface area contributed by atoms with Gasteiger partial charge in [-0.1, -0.05) is 0 Å². The van der Waals surface area contributed by atoms with E-state index in [1.807, 2.05) is 0 Å². The van der Waals surface area contributed by atoms with E-state index in [0.717, 1.165) is 7.05 Å². The highest BCUT2D eigenvalue weighted by atomic mass is 16.3. The van der Waals surface area contributed by atoms with Gasteiger partial charge in [0.2, 0.25) is 0 Å². The fourth-order valence-corrected chi connectivity index (χ4v) is 3.45. The van der Waals surface area contributed by atoms with Crippen LogP contribution in [-0.4, -0.2) is 80.7 Å². The van der Waals surface area contributed by atoms with Crippen LogP contribution < -0.4 is 0 Å². The first-order chi connectivity index (χ1) is 11.6. The number of likely N-dealkylation sites (tertiary alicyclic amines) is 2. The zero-order valence-corrected chi connectivity index (χ0v) is 12.8. The summed E-state index contributed by atoms with van der Waals surface area (Å²) in [4.78, 5) is 97.5. The molecule has 8 amide bonds. The molecule has 4 fully saturated rings. The quantitative estimate of drug-likeness (QED) is 0.362. The van der Waals surface area contributed by atoms with E-state index in [2.05, 4.69) is 0 Å². The van der Waals surface area contributed by atoms with E-state index in [9.17, 15) is 38.4 Å². The van der Waals surface area contributed by atoms with Crippen LogP contribution >= 0.6 is 0 Å². The van der Waals surface area contributed by atoms with E-state index < -0.39 is 58.1 Å². The molecular weight excluding hydrogens is 340 g/mol. The summed E-state index contributed by atoms with van der Waals surface area (Å²) in [5, 5.41) is 0.0749. The van der Waals surface area contributed by atoms with Gasteiger partial charge < -0.3 is 0 Å². The van der Waals surface area contributed by atoms with Crippen LogP contribution in [-0.2, 0) is 38.4 Å². The Morgan fingerprint density at radius 1 is 0.600 bits per heavy atom. The lowest BCUT2D eigenvalue weighted by molar-refractivity contribution is -0.233. The van der Waals surface area contributed by atoms with Gasteiger partial charge in [0.05, 0.1) is 0 Å². The van der Waals surface area contributed by atoms with Crippen molar-refractivity contribution in [3.8, 4) is 0 Å². The molecule has 4 aliphatic heterocycles. The Morgan fingerprint density at radius 2 is 0.920 bits per heavy atom. The summed E-state index contributed by atoms with van der Waals surface area (Å²) in [6.45, 7) is 1.42. The van der Waals surface area contributed by atoms with Gasteiger partial charge in [-0.3, -0.25) is 48.2 Å². The fourth-order valence-electron chi connectivity index (χ4n) is 3.45. The van der Waals surface area contributed by atoms with Crippen molar-refractivity contribution in [2.75, 3.05) is 13.6 Å². The molecule has 0 radical (unpaired) electrons. The molecule has 0 aromatic heterocycles. The van der Waals surface area contributed by atoms with Crippen LogP contribution in [0.15, 0.2) is 0 Å². The Balaban J connectivity index is 1.63. The zero-order valence-electron chi connectivity index (χ0n) is 12.8. The molecule has 4 rings (SSSR count). The maximum absolute atomic E-state index is 12.2. The van der Waals surface area contributed by atoms with E-state index in [1.54, 1.807) is 0 Å². The van der Waals surface area contributed by atoms with Gasteiger partial charge in [0.25, 0.3) is 58.1 Å². The zero-order chi connectivity index (χ0) is 18.6. The third kappa shape index (κ3) is 1.04. The second kappa shape index (κ2) is 3.79. The standard InChI is InChI=1S/C13H8N4O8/c1-3-15-6(20)13(7(15)21)10(24)17(11(13)25)16-8(22)12(9(16)23)4(18)14(2)5(12)19/h3H2,1-2H3. The molecule has 0 aliphatic carbocycles. The molecule has 0 aromatic carbocycles. The topological polar surface area (TPSA) is 150 Å². The molecule has 0 unspecified atom stereocenters. The summed E-state index contributed by atoms with van der Waals surface area (Å²) >= 11 is 0. The van der Waals surface area contributed by atoms with Crippen molar-refractivity contribution in [2.24, 2.45) is 10.8 Å². The molecule has 128 valence electrons. The monoisotopic (exact) mass is 348 g/mol. The second-order valence-electron chi connectivity index (χ2n) is 5.87. The molecule has 25 heavy (non-hydrogen) atoms. The Kier molecular flexibility index (Phi) is 2.29. The number of rotatable bonds is 2. The molecular formula is C13H8N4O8. The number of hydrazine groups is 1. The van der Waals surface area contributed by atoms with Crippen LogP contribution in [0.5, 0.6) is 0 Å². The first-order valence-electron chi connectivity index (χ1n) is 7.09. The van der Waals surface area contributed by atoms with E-state index in [4.69, 9.17) is 0 Å². The van der Waals surface area contributed by atoms with Gasteiger partial charge in [-0.2, -0.15) is 10.0 Å². The van der Waals surface area contributed by atoms with Crippen molar-refractivity contribution in [3.05, 3.63) is 0 Å². The van der Waals surface area contributed by atoms with Crippen molar-refractivity contribution in [1.29, 1.82) is 0 Å². The molecule has 0 aromatic rings. The van der Waals surface area contributed by atoms with Crippen molar-refractivity contribution in [3.63, 3.8) is 0 Å². The summed E-state index contributed by atoms with van der Waals surface area (Å²) in [5.74, 6) is -9.59. The molecule has 12 nitrogen and oxygen atoms in total. The van der Waals surface area contributed by atoms with E-state index >= 15 is 0 Å². The van der Waals surface area contributed by atoms with Crippen molar-refractivity contribution >= 4 is 47.3 Å². The summed E-state index contributed by atoms with van der Waals surface area (Å²) in [6.07, 6.45) is 0. The summed E-state index contributed by atoms with van der Waals surface area (Å²) < 4.78 is 0. The number of carbonyl (C=O) groups excluding carboxylic acids is 8. The summed E-state index contributed by atoms with van der Waals surface area (Å²) in [5.41, 5.74) is -5.11. The highest BCUT2D eigenvalue weighted by molar-refractivity contribution is 6.56.